The number of anilines is 1. The van der Waals surface area contributed by atoms with Crippen LogP contribution in [0.5, 0.6) is 5.75 Å². The predicted octanol–water partition coefficient (Wildman–Crippen LogP) is 2.49. The monoisotopic (exact) mass is 243 g/mol. The zero-order valence-electron chi connectivity index (χ0n) is 9.69. The molecule has 0 spiro atoms. The minimum atomic E-state index is 0.146. The first-order valence-corrected chi connectivity index (χ1v) is 5.50. The number of amides is 1. The quantitative estimate of drug-likeness (QED) is 0.648. The lowest BCUT2D eigenvalue weighted by Gasteiger charge is -2.16. The fraction of sp³-hybridized carbons (Fsp3) is 0.0714. The summed E-state index contributed by atoms with van der Waals surface area (Å²) in [6.45, 7) is 0.306. The molecule has 2 rings (SSSR count). The van der Waals surface area contributed by atoms with Crippen molar-refractivity contribution in [3.8, 4) is 5.75 Å². The van der Waals surface area contributed by atoms with Crippen molar-refractivity contribution in [2.75, 3.05) is 5.06 Å². The molecule has 92 valence electrons. The maximum absolute atomic E-state index is 11.0. The van der Waals surface area contributed by atoms with E-state index in [4.69, 9.17) is 4.84 Å². The highest BCUT2D eigenvalue weighted by molar-refractivity contribution is 5.72. The summed E-state index contributed by atoms with van der Waals surface area (Å²) in [5, 5.41) is 10.3. The predicted molar refractivity (Wildman–Crippen MR) is 67.9 cm³/mol. The first kappa shape index (κ1) is 12.1. The highest BCUT2D eigenvalue weighted by Gasteiger charge is 2.06. The third-order valence-corrected chi connectivity index (χ3v) is 2.41. The molecule has 0 radical (unpaired) electrons. The molecule has 0 unspecified atom stereocenters. The number of rotatable bonds is 5. The van der Waals surface area contributed by atoms with Crippen LogP contribution in [0, 0.1) is 0 Å². The van der Waals surface area contributed by atoms with E-state index in [9.17, 15) is 9.90 Å². The van der Waals surface area contributed by atoms with Gasteiger partial charge in [0.2, 0.25) is 6.41 Å². The standard InChI is InChI=1S/C14H13NO3/c16-11-15(13-6-8-14(17)9-7-13)18-10-12-4-2-1-3-5-12/h1-9,11,17H,10H2. The van der Waals surface area contributed by atoms with E-state index in [0.717, 1.165) is 10.6 Å². The second-order valence-corrected chi connectivity index (χ2v) is 3.71. The van der Waals surface area contributed by atoms with Crippen molar-refractivity contribution in [1.82, 2.24) is 0 Å². The summed E-state index contributed by atoms with van der Waals surface area (Å²) >= 11 is 0. The van der Waals surface area contributed by atoms with Crippen molar-refractivity contribution in [1.29, 1.82) is 0 Å². The number of nitrogens with zero attached hydrogens (tertiary/aromatic N) is 1. The molecule has 4 nitrogen and oxygen atoms in total. The van der Waals surface area contributed by atoms with Crippen molar-refractivity contribution in [2.45, 2.75) is 6.61 Å². The number of hydroxylamine groups is 1. The van der Waals surface area contributed by atoms with Crippen molar-refractivity contribution >= 4 is 12.1 Å². The Kier molecular flexibility index (Phi) is 3.94. The summed E-state index contributed by atoms with van der Waals surface area (Å²) in [7, 11) is 0. The molecule has 0 aromatic heterocycles. The van der Waals surface area contributed by atoms with Crippen LogP contribution in [-0.4, -0.2) is 11.5 Å². The highest BCUT2D eigenvalue weighted by atomic mass is 16.7. The van der Waals surface area contributed by atoms with Crippen molar-refractivity contribution < 1.29 is 14.7 Å². The SMILES string of the molecule is O=CN(OCc1ccccc1)c1ccc(O)cc1. The Morgan fingerprint density at radius 1 is 1.06 bits per heavy atom. The van der Waals surface area contributed by atoms with Gasteiger partial charge < -0.3 is 5.11 Å². The molecule has 18 heavy (non-hydrogen) atoms. The van der Waals surface area contributed by atoms with Crippen LogP contribution in [-0.2, 0) is 16.2 Å². The number of carbonyl (C=O) groups is 1. The summed E-state index contributed by atoms with van der Waals surface area (Å²) < 4.78 is 0. The average Bonchev–Trinajstić information content (AvgIpc) is 2.42. The zero-order valence-corrected chi connectivity index (χ0v) is 9.69. The molecule has 0 saturated carbocycles. The number of phenols is 1. The van der Waals surface area contributed by atoms with E-state index in [2.05, 4.69) is 0 Å². The molecule has 1 N–H and O–H groups in total. The molecular weight excluding hydrogens is 230 g/mol. The first-order chi connectivity index (χ1) is 8.79. The van der Waals surface area contributed by atoms with Gasteiger partial charge in [0.25, 0.3) is 0 Å². The van der Waals surface area contributed by atoms with E-state index in [1.165, 1.54) is 12.1 Å². The summed E-state index contributed by atoms with van der Waals surface area (Å²) in [4.78, 5) is 16.3. The molecule has 0 heterocycles. The molecule has 0 aliphatic rings. The van der Waals surface area contributed by atoms with Gasteiger partial charge in [-0.05, 0) is 29.8 Å². The number of phenolic OH excluding ortho intramolecular Hbond substituents is 1. The largest absolute Gasteiger partial charge is 0.508 e. The zero-order chi connectivity index (χ0) is 12.8. The van der Waals surface area contributed by atoms with Crippen molar-refractivity contribution in [3.05, 3.63) is 60.2 Å². The van der Waals surface area contributed by atoms with E-state index in [1.54, 1.807) is 12.1 Å². The molecule has 0 aliphatic heterocycles. The van der Waals surface area contributed by atoms with E-state index >= 15 is 0 Å². The Labute approximate surface area is 105 Å². The van der Waals surface area contributed by atoms with Crippen LogP contribution in [0.1, 0.15) is 5.56 Å². The van der Waals surface area contributed by atoms with Crippen LogP contribution in [0.2, 0.25) is 0 Å². The second kappa shape index (κ2) is 5.84. The van der Waals surface area contributed by atoms with Gasteiger partial charge in [0.15, 0.2) is 0 Å². The van der Waals surface area contributed by atoms with Crippen molar-refractivity contribution in [2.24, 2.45) is 0 Å². The Hall–Kier alpha value is -2.33. The lowest BCUT2D eigenvalue weighted by Crippen LogP contribution is -2.21. The fourth-order valence-corrected chi connectivity index (χ4v) is 1.48. The minimum Gasteiger partial charge on any atom is -0.508 e. The van der Waals surface area contributed by atoms with Gasteiger partial charge >= 0.3 is 0 Å². The average molecular weight is 243 g/mol. The fourth-order valence-electron chi connectivity index (χ4n) is 1.48. The molecule has 0 aliphatic carbocycles. The maximum atomic E-state index is 11.0. The third-order valence-electron chi connectivity index (χ3n) is 2.41. The van der Waals surface area contributed by atoms with E-state index in [1.807, 2.05) is 30.3 Å². The van der Waals surface area contributed by atoms with E-state index < -0.39 is 0 Å². The van der Waals surface area contributed by atoms with Gasteiger partial charge in [-0.2, -0.15) is 5.06 Å². The molecule has 2 aromatic carbocycles. The van der Waals surface area contributed by atoms with Crippen LogP contribution < -0.4 is 5.06 Å². The third kappa shape index (κ3) is 3.09. The van der Waals surface area contributed by atoms with Crippen LogP contribution in [0.15, 0.2) is 54.6 Å². The van der Waals surface area contributed by atoms with Gasteiger partial charge in [-0.25, -0.2) is 0 Å². The Morgan fingerprint density at radius 2 is 1.72 bits per heavy atom. The van der Waals surface area contributed by atoms with Gasteiger partial charge in [-0.15, -0.1) is 0 Å². The van der Waals surface area contributed by atoms with Gasteiger partial charge in [-0.3, -0.25) is 9.63 Å². The molecule has 0 saturated heterocycles. The van der Waals surface area contributed by atoms with Gasteiger partial charge in [-0.1, -0.05) is 30.3 Å². The molecule has 0 fully saturated rings. The number of aromatic hydroxyl groups is 1. The van der Waals surface area contributed by atoms with Crippen LogP contribution >= 0.6 is 0 Å². The normalized spacial score (nSPS) is 10.0. The Bertz CT molecular complexity index is 496. The van der Waals surface area contributed by atoms with E-state index in [0.29, 0.717) is 18.7 Å². The smallest absolute Gasteiger partial charge is 0.238 e. The second-order valence-electron chi connectivity index (χ2n) is 3.71. The Balaban J connectivity index is 2.02. The number of hydrogen-bond acceptors (Lipinski definition) is 3. The molecule has 2 aromatic rings. The van der Waals surface area contributed by atoms with Crippen molar-refractivity contribution in [3.63, 3.8) is 0 Å². The number of hydrogen-bond donors (Lipinski definition) is 1. The molecule has 1 amide bonds. The summed E-state index contributed by atoms with van der Waals surface area (Å²) in [5.41, 5.74) is 1.54. The maximum Gasteiger partial charge on any atom is 0.238 e. The van der Waals surface area contributed by atoms with Gasteiger partial charge in [0.1, 0.15) is 12.4 Å². The molecular formula is C14H13NO3. The minimum absolute atomic E-state index is 0.146. The van der Waals surface area contributed by atoms with Crippen LogP contribution in [0.4, 0.5) is 5.69 Å². The molecule has 4 heteroatoms. The Morgan fingerprint density at radius 3 is 2.33 bits per heavy atom. The number of carbonyl (C=O) groups excluding carboxylic acids is 1. The van der Waals surface area contributed by atoms with E-state index in [-0.39, 0.29) is 5.75 Å². The lowest BCUT2D eigenvalue weighted by atomic mass is 10.2. The number of benzene rings is 2. The summed E-state index contributed by atoms with van der Waals surface area (Å²) in [5.74, 6) is 0.146. The van der Waals surface area contributed by atoms with Gasteiger partial charge in [0.05, 0.1) is 5.69 Å². The van der Waals surface area contributed by atoms with Gasteiger partial charge in [0, 0.05) is 0 Å². The first-order valence-electron chi connectivity index (χ1n) is 5.50. The molecule has 0 bridgehead atoms. The molecule has 0 atom stereocenters. The summed E-state index contributed by atoms with van der Waals surface area (Å²) in [6, 6.07) is 15.8. The van der Waals surface area contributed by atoms with Crippen LogP contribution in [0.3, 0.4) is 0 Å². The topological polar surface area (TPSA) is 49.8 Å². The highest BCUT2D eigenvalue weighted by Crippen LogP contribution is 2.18. The lowest BCUT2D eigenvalue weighted by molar-refractivity contribution is -0.114. The van der Waals surface area contributed by atoms with Crippen LogP contribution in [0.25, 0.3) is 0 Å². The summed E-state index contributed by atoms with van der Waals surface area (Å²) in [6.07, 6.45) is 0.593.